The van der Waals surface area contributed by atoms with E-state index in [0.29, 0.717) is 6.54 Å². The maximum Gasteiger partial charge on any atom is 0.105 e. The van der Waals surface area contributed by atoms with Crippen LogP contribution < -0.4 is 5.73 Å². The SMILES string of the molecule is Cc1cc(C(O)C2(CN)CCC2)nn1C. The summed E-state index contributed by atoms with van der Waals surface area (Å²) in [4.78, 5) is 0. The molecule has 3 N–H and O–H groups in total. The van der Waals surface area contributed by atoms with Crippen molar-refractivity contribution in [2.45, 2.75) is 32.3 Å². The monoisotopic (exact) mass is 209 g/mol. The Hall–Kier alpha value is -0.870. The molecule has 15 heavy (non-hydrogen) atoms. The van der Waals surface area contributed by atoms with Crippen LogP contribution in [-0.2, 0) is 7.05 Å². The smallest absolute Gasteiger partial charge is 0.105 e. The first-order valence-corrected chi connectivity index (χ1v) is 5.48. The van der Waals surface area contributed by atoms with Crippen molar-refractivity contribution < 1.29 is 5.11 Å². The third kappa shape index (κ3) is 1.58. The van der Waals surface area contributed by atoms with Crippen LogP contribution in [0.2, 0.25) is 0 Å². The van der Waals surface area contributed by atoms with Crippen LogP contribution in [0.1, 0.15) is 36.8 Å². The summed E-state index contributed by atoms with van der Waals surface area (Å²) in [5.74, 6) is 0. The third-order valence-corrected chi connectivity index (χ3v) is 3.75. The highest BCUT2D eigenvalue weighted by atomic mass is 16.3. The number of aliphatic hydroxyl groups is 1. The Bertz CT molecular complexity index is 330. The predicted octanol–water partition coefficient (Wildman–Crippen LogP) is 0.891. The van der Waals surface area contributed by atoms with Gasteiger partial charge in [-0.05, 0) is 25.8 Å². The quantitative estimate of drug-likeness (QED) is 0.777. The molecule has 0 amide bonds. The molecule has 0 spiro atoms. The van der Waals surface area contributed by atoms with Crippen LogP contribution in [0, 0.1) is 12.3 Å². The van der Waals surface area contributed by atoms with E-state index in [-0.39, 0.29) is 5.41 Å². The molecule has 1 heterocycles. The molecule has 0 aromatic carbocycles. The normalized spacial score (nSPS) is 21.1. The molecule has 1 atom stereocenters. The predicted molar refractivity (Wildman–Crippen MR) is 58.2 cm³/mol. The fourth-order valence-corrected chi connectivity index (χ4v) is 2.26. The molecular weight excluding hydrogens is 190 g/mol. The number of aryl methyl sites for hydroxylation is 2. The van der Waals surface area contributed by atoms with Crippen molar-refractivity contribution in [3.05, 3.63) is 17.5 Å². The summed E-state index contributed by atoms with van der Waals surface area (Å²) in [6, 6.07) is 1.94. The lowest BCUT2D eigenvalue weighted by Gasteiger charge is -2.44. The highest BCUT2D eigenvalue weighted by molar-refractivity contribution is 5.15. The second kappa shape index (κ2) is 3.61. The summed E-state index contributed by atoms with van der Waals surface area (Å²) in [5.41, 5.74) is 7.48. The van der Waals surface area contributed by atoms with Crippen molar-refractivity contribution in [2.24, 2.45) is 18.2 Å². The second-order valence-corrected chi connectivity index (χ2v) is 4.66. The van der Waals surface area contributed by atoms with Crippen LogP contribution in [0.15, 0.2) is 6.07 Å². The molecule has 84 valence electrons. The first-order valence-electron chi connectivity index (χ1n) is 5.48. The first-order chi connectivity index (χ1) is 7.09. The lowest BCUT2D eigenvalue weighted by molar-refractivity contribution is -0.0324. The zero-order chi connectivity index (χ0) is 11.1. The molecule has 0 radical (unpaired) electrons. The van der Waals surface area contributed by atoms with Crippen LogP contribution in [-0.4, -0.2) is 21.4 Å². The van der Waals surface area contributed by atoms with Crippen LogP contribution in [0.4, 0.5) is 0 Å². The Morgan fingerprint density at radius 2 is 2.33 bits per heavy atom. The van der Waals surface area contributed by atoms with E-state index in [4.69, 9.17) is 5.73 Å². The van der Waals surface area contributed by atoms with Gasteiger partial charge in [-0.1, -0.05) is 6.42 Å². The van der Waals surface area contributed by atoms with Gasteiger partial charge in [0.1, 0.15) is 6.10 Å². The molecule has 0 bridgehead atoms. The van der Waals surface area contributed by atoms with E-state index in [1.807, 2.05) is 20.0 Å². The Kier molecular flexibility index (Phi) is 2.56. The Morgan fingerprint density at radius 3 is 2.67 bits per heavy atom. The number of aromatic nitrogens is 2. The van der Waals surface area contributed by atoms with Crippen molar-refractivity contribution in [3.8, 4) is 0 Å². The van der Waals surface area contributed by atoms with Gasteiger partial charge in [-0.15, -0.1) is 0 Å². The molecule has 1 aliphatic rings. The molecule has 1 aliphatic carbocycles. The van der Waals surface area contributed by atoms with E-state index < -0.39 is 6.10 Å². The van der Waals surface area contributed by atoms with Gasteiger partial charge in [0, 0.05) is 24.7 Å². The first kappa shape index (κ1) is 10.6. The van der Waals surface area contributed by atoms with Gasteiger partial charge >= 0.3 is 0 Å². The second-order valence-electron chi connectivity index (χ2n) is 4.66. The van der Waals surface area contributed by atoms with Gasteiger partial charge in [-0.3, -0.25) is 4.68 Å². The summed E-state index contributed by atoms with van der Waals surface area (Å²) < 4.78 is 1.79. The van der Waals surface area contributed by atoms with Crippen molar-refractivity contribution in [3.63, 3.8) is 0 Å². The number of aliphatic hydroxyl groups excluding tert-OH is 1. The highest BCUT2D eigenvalue weighted by Crippen LogP contribution is 2.49. The van der Waals surface area contributed by atoms with E-state index in [2.05, 4.69) is 5.10 Å². The Labute approximate surface area is 90.1 Å². The molecule has 0 saturated heterocycles. The van der Waals surface area contributed by atoms with E-state index in [9.17, 15) is 5.11 Å². The number of nitrogens with two attached hydrogens (primary N) is 1. The molecule has 1 aromatic heterocycles. The standard InChI is InChI=1S/C11H19N3O/c1-8-6-9(13-14(8)2)10(15)11(7-12)4-3-5-11/h6,10,15H,3-5,7,12H2,1-2H3. The van der Waals surface area contributed by atoms with Crippen molar-refractivity contribution >= 4 is 0 Å². The number of hydrogen-bond donors (Lipinski definition) is 2. The largest absolute Gasteiger partial charge is 0.386 e. The maximum absolute atomic E-state index is 10.3. The Morgan fingerprint density at radius 1 is 1.67 bits per heavy atom. The molecule has 2 rings (SSSR count). The zero-order valence-corrected chi connectivity index (χ0v) is 9.40. The molecule has 1 fully saturated rings. The summed E-state index contributed by atoms with van der Waals surface area (Å²) in [6.45, 7) is 2.53. The van der Waals surface area contributed by atoms with Gasteiger partial charge in [0.15, 0.2) is 0 Å². The minimum atomic E-state index is -0.504. The summed E-state index contributed by atoms with van der Waals surface area (Å²) >= 11 is 0. The number of nitrogens with zero attached hydrogens (tertiary/aromatic N) is 2. The molecule has 1 aromatic rings. The fraction of sp³-hybridized carbons (Fsp3) is 0.727. The minimum absolute atomic E-state index is 0.110. The summed E-state index contributed by atoms with van der Waals surface area (Å²) in [5, 5.41) is 14.6. The van der Waals surface area contributed by atoms with Crippen LogP contribution in [0.5, 0.6) is 0 Å². The van der Waals surface area contributed by atoms with E-state index >= 15 is 0 Å². The van der Waals surface area contributed by atoms with Crippen molar-refractivity contribution in [2.75, 3.05) is 6.54 Å². The van der Waals surface area contributed by atoms with Crippen molar-refractivity contribution in [1.82, 2.24) is 9.78 Å². The van der Waals surface area contributed by atoms with E-state index in [1.54, 1.807) is 4.68 Å². The molecular formula is C11H19N3O. The highest BCUT2D eigenvalue weighted by Gasteiger charge is 2.43. The average Bonchev–Trinajstić information content (AvgIpc) is 2.46. The van der Waals surface area contributed by atoms with Gasteiger partial charge < -0.3 is 10.8 Å². The Balaban J connectivity index is 2.23. The maximum atomic E-state index is 10.3. The number of hydrogen-bond acceptors (Lipinski definition) is 3. The summed E-state index contributed by atoms with van der Waals surface area (Å²) in [6.07, 6.45) is 2.69. The van der Waals surface area contributed by atoms with Crippen LogP contribution in [0.3, 0.4) is 0 Å². The van der Waals surface area contributed by atoms with Crippen LogP contribution in [0.25, 0.3) is 0 Å². The lowest BCUT2D eigenvalue weighted by atomic mass is 9.64. The van der Waals surface area contributed by atoms with Gasteiger partial charge in [0.05, 0.1) is 5.69 Å². The molecule has 4 nitrogen and oxygen atoms in total. The molecule has 1 unspecified atom stereocenters. The topological polar surface area (TPSA) is 64.1 Å². The fourth-order valence-electron chi connectivity index (χ4n) is 2.26. The molecule has 1 saturated carbocycles. The van der Waals surface area contributed by atoms with E-state index in [1.165, 1.54) is 6.42 Å². The molecule has 0 aliphatic heterocycles. The van der Waals surface area contributed by atoms with Gasteiger partial charge in [0.2, 0.25) is 0 Å². The zero-order valence-electron chi connectivity index (χ0n) is 9.40. The van der Waals surface area contributed by atoms with Crippen molar-refractivity contribution in [1.29, 1.82) is 0 Å². The van der Waals surface area contributed by atoms with E-state index in [0.717, 1.165) is 24.2 Å². The van der Waals surface area contributed by atoms with Gasteiger partial charge in [-0.25, -0.2) is 0 Å². The average molecular weight is 209 g/mol. The minimum Gasteiger partial charge on any atom is -0.386 e. The van der Waals surface area contributed by atoms with Gasteiger partial charge in [-0.2, -0.15) is 5.10 Å². The van der Waals surface area contributed by atoms with Crippen LogP contribution >= 0.6 is 0 Å². The van der Waals surface area contributed by atoms with Gasteiger partial charge in [0.25, 0.3) is 0 Å². The molecule has 4 heteroatoms. The summed E-state index contributed by atoms with van der Waals surface area (Å²) in [7, 11) is 1.89. The number of rotatable bonds is 3. The lowest BCUT2D eigenvalue weighted by Crippen LogP contribution is -2.42. The third-order valence-electron chi connectivity index (χ3n) is 3.75.